The second kappa shape index (κ2) is 9.99. The van der Waals surface area contributed by atoms with E-state index in [1.54, 1.807) is 14.2 Å². The monoisotopic (exact) mass is 383 g/mol. The number of nitrogens with one attached hydrogen (secondary N) is 1. The second-order valence-corrected chi connectivity index (χ2v) is 6.78. The van der Waals surface area contributed by atoms with Gasteiger partial charge in [-0.2, -0.15) is 0 Å². The summed E-state index contributed by atoms with van der Waals surface area (Å²) >= 11 is 0. The Morgan fingerprint density at radius 1 is 0.929 bits per heavy atom. The summed E-state index contributed by atoms with van der Waals surface area (Å²) < 4.78 is 10.8. The van der Waals surface area contributed by atoms with E-state index in [-0.39, 0.29) is 5.91 Å². The van der Waals surface area contributed by atoms with Crippen LogP contribution in [0.15, 0.2) is 48.5 Å². The van der Waals surface area contributed by atoms with E-state index in [0.29, 0.717) is 6.54 Å². The molecule has 0 aliphatic carbocycles. The van der Waals surface area contributed by atoms with Gasteiger partial charge in [0.25, 0.3) is 0 Å². The maximum Gasteiger partial charge on any atom is 0.236 e. The molecule has 2 aromatic rings. The molecule has 1 fully saturated rings. The van der Waals surface area contributed by atoms with E-state index in [4.69, 9.17) is 9.47 Å². The fraction of sp³-hybridized carbons (Fsp3) is 0.409. The smallest absolute Gasteiger partial charge is 0.236 e. The van der Waals surface area contributed by atoms with Crippen molar-refractivity contribution in [2.24, 2.45) is 0 Å². The standard InChI is InChI=1S/C22H29N3O3/c1-27-20-9-5-3-7-18(20)11-12-23-17-22(26)25-15-13-24(14-16-25)19-8-4-6-10-21(19)28-2/h3-10,23H,11-17H2,1-2H3. The molecule has 0 spiro atoms. The number of hydrogen-bond donors (Lipinski definition) is 1. The van der Waals surface area contributed by atoms with E-state index in [1.165, 1.54) is 0 Å². The van der Waals surface area contributed by atoms with Crippen LogP contribution in [0.2, 0.25) is 0 Å². The van der Waals surface area contributed by atoms with E-state index in [0.717, 1.165) is 61.9 Å². The lowest BCUT2D eigenvalue weighted by Gasteiger charge is -2.36. The van der Waals surface area contributed by atoms with Gasteiger partial charge in [-0.1, -0.05) is 30.3 Å². The summed E-state index contributed by atoms with van der Waals surface area (Å²) in [6.45, 7) is 4.19. The van der Waals surface area contributed by atoms with Crippen LogP contribution in [0.25, 0.3) is 0 Å². The highest BCUT2D eigenvalue weighted by Crippen LogP contribution is 2.28. The van der Waals surface area contributed by atoms with Crippen molar-refractivity contribution in [1.82, 2.24) is 10.2 Å². The maximum atomic E-state index is 12.5. The van der Waals surface area contributed by atoms with Crippen molar-refractivity contribution in [3.63, 3.8) is 0 Å². The number of amides is 1. The van der Waals surface area contributed by atoms with Gasteiger partial charge in [-0.05, 0) is 36.7 Å². The van der Waals surface area contributed by atoms with E-state index in [1.807, 2.05) is 41.3 Å². The van der Waals surface area contributed by atoms with Gasteiger partial charge in [0, 0.05) is 26.2 Å². The number of piperazine rings is 1. The third-order valence-electron chi connectivity index (χ3n) is 5.10. The zero-order valence-electron chi connectivity index (χ0n) is 16.7. The molecule has 6 nitrogen and oxygen atoms in total. The lowest BCUT2D eigenvalue weighted by molar-refractivity contribution is -0.130. The number of methoxy groups -OCH3 is 2. The van der Waals surface area contributed by atoms with Gasteiger partial charge in [-0.15, -0.1) is 0 Å². The number of carbonyl (C=O) groups excluding carboxylic acids is 1. The molecular weight excluding hydrogens is 354 g/mol. The van der Waals surface area contributed by atoms with E-state index in [2.05, 4.69) is 22.3 Å². The Labute approximate surface area is 167 Å². The van der Waals surface area contributed by atoms with Gasteiger partial charge in [0.2, 0.25) is 5.91 Å². The van der Waals surface area contributed by atoms with Crippen LogP contribution in [0.5, 0.6) is 11.5 Å². The Balaban J connectivity index is 1.42. The minimum absolute atomic E-state index is 0.153. The van der Waals surface area contributed by atoms with Crippen LogP contribution in [0.4, 0.5) is 5.69 Å². The molecule has 3 rings (SSSR count). The normalized spacial score (nSPS) is 14.1. The van der Waals surface area contributed by atoms with Crippen molar-refractivity contribution in [3.05, 3.63) is 54.1 Å². The van der Waals surface area contributed by atoms with Crippen molar-refractivity contribution < 1.29 is 14.3 Å². The Morgan fingerprint density at radius 3 is 2.29 bits per heavy atom. The van der Waals surface area contributed by atoms with Crippen molar-refractivity contribution in [2.75, 3.05) is 58.4 Å². The number of nitrogens with zero attached hydrogens (tertiary/aromatic N) is 2. The first-order valence-electron chi connectivity index (χ1n) is 9.71. The fourth-order valence-electron chi connectivity index (χ4n) is 3.53. The zero-order valence-corrected chi connectivity index (χ0v) is 16.7. The lowest BCUT2D eigenvalue weighted by atomic mass is 10.1. The van der Waals surface area contributed by atoms with E-state index in [9.17, 15) is 4.79 Å². The van der Waals surface area contributed by atoms with Gasteiger partial charge < -0.3 is 24.6 Å². The molecule has 0 radical (unpaired) electrons. The molecule has 1 aliphatic rings. The van der Waals surface area contributed by atoms with Crippen LogP contribution in [0.3, 0.4) is 0 Å². The van der Waals surface area contributed by atoms with E-state index < -0.39 is 0 Å². The highest BCUT2D eigenvalue weighted by molar-refractivity contribution is 5.78. The van der Waals surface area contributed by atoms with Crippen molar-refractivity contribution in [3.8, 4) is 11.5 Å². The molecule has 0 aromatic heterocycles. The van der Waals surface area contributed by atoms with Crippen LogP contribution in [-0.4, -0.2) is 64.3 Å². The van der Waals surface area contributed by atoms with Gasteiger partial charge in [-0.3, -0.25) is 4.79 Å². The van der Waals surface area contributed by atoms with Crippen LogP contribution < -0.4 is 19.7 Å². The quantitative estimate of drug-likeness (QED) is 0.708. The number of benzene rings is 2. The highest BCUT2D eigenvalue weighted by Gasteiger charge is 2.22. The number of ether oxygens (including phenoxy) is 2. The predicted octanol–water partition coefficient (Wildman–Crippen LogP) is 2.18. The Bertz CT molecular complexity index is 773. The highest BCUT2D eigenvalue weighted by atomic mass is 16.5. The van der Waals surface area contributed by atoms with Gasteiger partial charge in [0.1, 0.15) is 11.5 Å². The third-order valence-corrected chi connectivity index (χ3v) is 5.10. The molecule has 28 heavy (non-hydrogen) atoms. The third kappa shape index (κ3) is 4.95. The minimum Gasteiger partial charge on any atom is -0.496 e. The second-order valence-electron chi connectivity index (χ2n) is 6.78. The number of hydrogen-bond acceptors (Lipinski definition) is 5. The summed E-state index contributed by atoms with van der Waals surface area (Å²) in [5, 5.41) is 3.26. The fourth-order valence-corrected chi connectivity index (χ4v) is 3.53. The summed E-state index contributed by atoms with van der Waals surface area (Å²) in [6.07, 6.45) is 0.832. The minimum atomic E-state index is 0.153. The Hall–Kier alpha value is -2.73. The summed E-state index contributed by atoms with van der Waals surface area (Å²) in [5.41, 5.74) is 2.24. The number of para-hydroxylation sites is 3. The van der Waals surface area contributed by atoms with Crippen LogP contribution in [-0.2, 0) is 11.2 Å². The molecule has 0 bridgehead atoms. The molecule has 0 unspecified atom stereocenters. The van der Waals surface area contributed by atoms with Crippen molar-refractivity contribution in [2.45, 2.75) is 6.42 Å². The summed E-state index contributed by atoms with van der Waals surface area (Å²) in [6, 6.07) is 16.0. The largest absolute Gasteiger partial charge is 0.496 e. The molecule has 6 heteroatoms. The molecule has 0 atom stereocenters. The molecule has 1 heterocycles. The number of anilines is 1. The SMILES string of the molecule is COc1ccccc1CCNCC(=O)N1CCN(c2ccccc2OC)CC1. The topological polar surface area (TPSA) is 54.0 Å². The summed E-state index contributed by atoms with van der Waals surface area (Å²) in [4.78, 5) is 16.7. The maximum absolute atomic E-state index is 12.5. The molecule has 150 valence electrons. The Kier molecular flexibility index (Phi) is 7.14. The van der Waals surface area contributed by atoms with Crippen LogP contribution in [0, 0.1) is 0 Å². The van der Waals surface area contributed by atoms with Gasteiger partial charge in [0.15, 0.2) is 0 Å². The van der Waals surface area contributed by atoms with Crippen LogP contribution in [0.1, 0.15) is 5.56 Å². The first-order valence-corrected chi connectivity index (χ1v) is 9.71. The molecule has 1 aliphatic heterocycles. The molecule has 1 amide bonds. The molecule has 1 saturated heterocycles. The molecule has 0 saturated carbocycles. The molecule has 1 N–H and O–H groups in total. The first-order chi connectivity index (χ1) is 13.7. The number of carbonyl (C=O) groups is 1. The summed E-state index contributed by atoms with van der Waals surface area (Å²) in [5.74, 6) is 1.92. The number of rotatable bonds is 8. The summed E-state index contributed by atoms with van der Waals surface area (Å²) in [7, 11) is 3.37. The Morgan fingerprint density at radius 2 is 1.57 bits per heavy atom. The molecular formula is C22H29N3O3. The average molecular weight is 383 g/mol. The zero-order chi connectivity index (χ0) is 19.8. The van der Waals surface area contributed by atoms with Crippen molar-refractivity contribution >= 4 is 11.6 Å². The van der Waals surface area contributed by atoms with Gasteiger partial charge in [-0.25, -0.2) is 0 Å². The van der Waals surface area contributed by atoms with Crippen molar-refractivity contribution in [1.29, 1.82) is 0 Å². The first kappa shape index (κ1) is 20.0. The van der Waals surface area contributed by atoms with Crippen LogP contribution >= 0.6 is 0 Å². The van der Waals surface area contributed by atoms with Gasteiger partial charge in [0.05, 0.1) is 26.5 Å². The molecule has 2 aromatic carbocycles. The average Bonchev–Trinajstić information content (AvgIpc) is 2.77. The lowest BCUT2D eigenvalue weighted by Crippen LogP contribution is -2.51. The predicted molar refractivity (Wildman–Crippen MR) is 111 cm³/mol. The van der Waals surface area contributed by atoms with Gasteiger partial charge >= 0.3 is 0 Å². The van der Waals surface area contributed by atoms with E-state index >= 15 is 0 Å².